The summed E-state index contributed by atoms with van der Waals surface area (Å²) in [5, 5.41) is 0. The summed E-state index contributed by atoms with van der Waals surface area (Å²) in [6, 6.07) is 10.6. The largest absolute Gasteiger partial charge is 0.379 e. The quantitative estimate of drug-likeness (QED) is 0.605. The molecule has 0 bridgehead atoms. The number of ketones is 1. The van der Waals surface area contributed by atoms with E-state index in [-0.39, 0.29) is 5.54 Å². The molecule has 0 aliphatic carbocycles. The molecule has 0 spiro atoms. The van der Waals surface area contributed by atoms with Crippen LogP contribution >= 0.6 is 0 Å². The molecule has 0 amide bonds. The van der Waals surface area contributed by atoms with Crippen LogP contribution in [0.1, 0.15) is 44.6 Å². The highest BCUT2D eigenvalue weighted by Crippen LogP contribution is 2.29. The zero-order chi connectivity index (χ0) is 18.8. The van der Waals surface area contributed by atoms with Gasteiger partial charge in [-0.3, -0.25) is 9.69 Å². The molecule has 1 atom stereocenters. The number of nitrogens with zero attached hydrogens (tertiary/aromatic N) is 2. The second-order valence-corrected chi connectivity index (χ2v) is 7.80. The molecule has 4 heteroatoms. The lowest BCUT2D eigenvalue weighted by atomic mass is 9.81. The van der Waals surface area contributed by atoms with Crippen molar-refractivity contribution in [2.24, 2.45) is 0 Å². The number of ether oxygens (including phenoxy) is 1. The Morgan fingerprint density at radius 2 is 1.88 bits per heavy atom. The van der Waals surface area contributed by atoms with Crippen molar-refractivity contribution in [3.05, 3.63) is 35.9 Å². The summed E-state index contributed by atoms with van der Waals surface area (Å²) in [6.45, 7) is 6.81. The van der Waals surface area contributed by atoms with Crippen LogP contribution in [0.25, 0.3) is 0 Å². The van der Waals surface area contributed by atoms with Crippen molar-refractivity contribution >= 4 is 5.78 Å². The van der Waals surface area contributed by atoms with Gasteiger partial charge in [0.05, 0.1) is 13.2 Å². The molecule has 1 unspecified atom stereocenters. The molecule has 1 aromatic carbocycles. The van der Waals surface area contributed by atoms with E-state index >= 15 is 0 Å². The molecular weight excluding hydrogens is 324 g/mol. The van der Waals surface area contributed by atoms with E-state index in [2.05, 4.69) is 61.2 Å². The van der Waals surface area contributed by atoms with Gasteiger partial charge < -0.3 is 9.64 Å². The van der Waals surface area contributed by atoms with Gasteiger partial charge in [0.1, 0.15) is 5.78 Å². The van der Waals surface area contributed by atoms with Crippen LogP contribution in [0.3, 0.4) is 0 Å². The van der Waals surface area contributed by atoms with Gasteiger partial charge in [-0.1, -0.05) is 43.7 Å². The Balaban J connectivity index is 2.13. The Bertz CT molecular complexity index is 526. The normalized spacial score (nSPS) is 18.0. The zero-order valence-electron chi connectivity index (χ0n) is 16.9. The molecule has 1 aliphatic heterocycles. The highest BCUT2D eigenvalue weighted by atomic mass is 16.5. The van der Waals surface area contributed by atoms with E-state index < -0.39 is 0 Å². The van der Waals surface area contributed by atoms with Gasteiger partial charge in [0.2, 0.25) is 0 Å². The van der Waals surface area contributed by atoms with Crippen LogP contribution in [-0.2, 0) is 16.0 Å². The third-order valence-corrected chi connectivity index (χ3v) is 5.66. The average Bonchev–Trinajstić information content (AvgIpc) is 2.66. The first-order chi connectivity index (χ1) is 12.6. The summed E-state index contributed by atoms with van der Waals surface area (Å²) in [6.07, 6.45) is 5.35. The van der Waals surface area contributed by atoms with E-state index in [0.717, 1.165) is 58.5 Å². The summed E-state index contributed by atoms with van der Waals surface area (Å²) in [7, 11) is 4.27. The van der Waals surface area contributed by atoms with E-state index in [1.165, 1.54) is 5.56 Å². The summed E-state index contributed by atoms with van der Waals surface area (Å²) in [5.74, 6) is 0.401. The van der Waals surface area contributed by atoms with Crippen molar-refractivity contribution in [2.45, 2.75) is 51.0 Å². The molecule has 1 fully saturated rings. The van der Waals surface area contributed by atoms with E-state index in [9.17, 15) is 4.79 Å². The van der Waals surface area contributed by atoms with Crippen molar-refractivity contribution in [1.82, 2.24) is 9.80 Å². The minimum atomic E-state index is -0.121. The number of carbonyl (C=O) groups is 1. The fourth-order valence-corrected chi connectivity index (χ4v) is 3.78. The maximum Gasteiger partial charge on any atom is 0.134 e. The van der Waals surface area contributed by atoms with E-state index in [0.29, 0.717) is 18.6 Å². The SMILES string of the molecule is CCCCC(=O)CC(CCN1CCOCC1)(Cc1ccccc1)N(C)C. The Morgan fingerprint density at radius 3 is 2.50 bits per heavy atom. The van der Waals surface area contributed by atoms with Gasteiger partial charge in [-0.2, -0.15) is 0 Å². The Labute approximate surface area is 159 Å². The third kappa shape index (κ3) is 6.49. The first-order valence-corrected chi connectivity index (χ1v) is 10.1. The van der Waals surface area contributed by atoms with Gasteiger partial charge in [-0.15, -0.1) is 0 Å². The molecule has 4 nitrogen and oxygen atoms in total. The molecule has 26 heavy (non-hydrogen) atoms. The van der Waals surface area contributed by atoms with Gasteiger partial charge in [0, 0.05) is 38.0 Å². The first kappa shape index (κ1) is 21.1. The van der Waals surface area contributed by atoms with Gasteiger partial charge in [0.15, 0.2) is 0 Å². The molecule has 0 saturated carbocycles. The predicted octanol–water partition coefficient (Wildman–Crippen LogP) is 3.40. The fraction of sp³-hybridized carbons (Fsp3) is 0.682. The molecular formula is C22H36N2O2. The van der Waals surface area contributed by atoms with Crippen LogP contribution in [0, 0.1) is 0 Å². The number of hydrogen-bond donors (Lipinski definition) is 0. The molecule has 146 valence electrons. The van der Waals surface area contributed by atoms with Crippen LogP contribution in [0.2, 0.25) is 0 Å². The number of benzene rings is 1. The van der Waals surface area contributed by atoms with Gasteiger partial charge in [-0.25, -0.2) is 0 Å². The lowest BCUT2D eigenvalue weighted by Gasteiger charge is -2.42. The second kappa shape index (κ2) is 10.8. The first-order valence-electron chi connectivity index (χ1n) is 10.1. The highest BCUT2D eigenvalue weighted by Gasteiger charge is 2.35. The van der Waals surface area contributed by atoms with Crippen LogP contribution in [0.5, 0.6) is 0 Å². The van der Waals surface area contributed by atoms with Crippen molar-refractivity contribution in [3.63, 3.8) is 0 Å². The van der Waals surface area contributed by atoms with Crippen LogP contribution in [0.15, 0.2) is 30.3 Å². The lowest BCUT2D eigenvalue weighted by molar-refractivity contribution is -0.122. The van der Waals surface area contributed by atoms with E-state index in [1.54, 1.807) is 0 Å². The Kier molecular flexibility index (Phi) is 8.76. The van der Waals surface area contributed by atoms with Crippen molar-refractivity contribution < 1.29 is 9.53 Å². The highest BCUT2D eigenvalue weighted by molar-refractivity contribution is 5.79. The lowest BCUT2D eigenvalue weighted by Crippen LogP contribution is -2.50. The van der Waals surface area contributed by atoms with Crippen LogP contribution < -0.4 is 0 Å². The Hall–Kier alpha value is -1.23. The Morgan fingerprint density at radius 1 is 1.19 bits per heavy atom. The van der Waals surface area contributed by atoms with Crippen LogP contribution in [-0.4, -0.2) is 68.1 Å². The molecule has 0 N–H and O–H groups in total. The van der Waals surface area contributed by atoms with Crippen molar-refractivity contribution in [1.29, 1.82) is 0 Å². The maximum absolute atomic E-state index is 12.7. The van der Waals surface area contributed by atoms with Gasteiger partial charge in [0.25, 0.3) is 0 Å². The van der Waals surface area contributed by atoms with Gasteiger partial charge in [-0.05, 0) is 38.9 Å². The number of Topliss-reactive ketones (excluding diaryl/α,β-unsaturated/α-hetero) is 1. The number of hydrogen-bond acceptors (Lipinski definition) is 4. The molecule has 1 saturated heterocycles. The standard InChI is InChI=1S/C22H36N2O2/c1-4-5-11-21(25)19-22(23(2)3,18-20-9-7-6-8-10-20)12-13-24-14-16-26-17-15-24/h6-10H,4-5,11-19H2,1-3H3. The average molecular weight is 361 g/mol. The number of likely N-dealkylation sites (N-methyl/N-ethyl adjacent to an activating group) is 1. The number of rotatable bonds is 11. The molecule has 0 radical (unpaired) electrons. The van der Waals surface area contributed by atoms with E-state index in [4.69, 9.17) is 4.74 Å². The monoisotopic (exact) mass is 360 g/mol. The zero-order valence-corrected chi connectivity index (χ0v) is 16.9. The van der Waals surface area contributed by atoms with E-state index in [1.807, 2.05) is 0 Å². The summed E-state index contributed by atoms with van der Waals surface area (Å²) in [5.41, 5.74) is 1.19. The summed E-state index contributed by atoms with van der Waals surface area (Å²) < 4.78 is 5.48. The smallest absolute Gasteiger partial charge is 0.134 e. The van der Waals surface area contributed by atoms with Gasteiger partial charge >= 0.3 is 0 Å². The minimum absolute atomic E-state index is 0.121. The topological polar surface area (TPSA) is 32.8 Å². The van der Waals surface area contributed by atoms with Crippen molar-refractivity contribution in [3.8, 4) is 0 Å². The third-order valence-electron chi connectivity index (χ3n) is 5.66. The molecule has 1 aliphatic rings. The van der Waals surface area contributed by atoms with Crippen molar-refractivity contribution in [2.75, 3.05) is 46.9 Å². The maximum atomic E-state index is 12.7. The number of morpholine rings is 1. The predicted molar refractivity (Wildman–Crippen MR) is 108 cm³/mol. The number of carbonyl (C=O) groups excluding carboxylic acids is 1. The van der Waals surface area contributed by atoms with Crippen LogP contribution in [0.4, 0.5) is 0 Å². The second-order valence-electron chi connectivity index (χ2n) is 7.80. The minimum Gasteiger partial charge on any atom is -0.379 e. The molecule has 2 rings (SSSR count). The summed E-state index contributed by atoms with van der Waals surface area (Å²) in [4.78, 5) is 17.5. The number of unbranched alkanes of at least 4 members (excludes halogenated alkanes) is 1. The summed E-state index contributed by atoms with van der Waals surface area (Å²) >= 11 is 0. The molecule has 0 aromatic heterocycles. The molecule has 1 aromatic rings. The fourth-order valence-electron chi connectivity index (χ4n) is 3.78. The molecule has 1 heterocycles.